The van der Waals surface area contributed by atoms with Gasteiger partial charge in [-0.1, -0.05) is 30.3 Å². The zero-order valence-corrected chi connectivity index (χ0v) is 16.3. The molecule has 0 unspecified atom stereocenters. The summed E-state index contributed by atoms with van der Waals surface area (Å²) in [4.78, 5) is 25.3. The molecule has 0 aliphatic heterocycles. The Kier molecular flexibility index (Phi) is 6.57. The van der Waals surface area contributed by atoms with Gasteiger partial charge in [-0.25, -0.2) is 8.42 Å². The summed E-state index contributed by atoms with van der Waals surface area (Å²) in [6.07, 6.45) is 0. The lowest BCUT2D eigenvalue weighted by Gasteiger charge is -2.20. The van der Waals surface area contributed by atoms with Crippen LogP contribution < -0.4 is 15.5 Å². The predicted molar refractivity (Wildman–Crippen MR) is 104 cm³/mol. The smallest absolute Gasteiger partial charge is 0.309 e. The molecule has 0 fully saturated rings. The Balaban J connectivity index is 2.39. The van der Waals surface area contributed by atoms with Gasteiger partial charge in [-0.05, 0) is 29.8 Å². The van der Waals surface area contributed by atoms with Crippen LogP contribution in [0.5, 0.6) is 0 Å². The van der Waals surface area contributed by atoms with Gasteiger partial charge in [0, 0.05) is 33.4 Å². The Morgan fingerprint density at radius 3 is 2.07 bits per heavy atom. The molecule has 0 aliphatic rings. The number of amides is 2. The Bertz CT molecular complexity index is 894. The Hall–Kier alpha value is -2.87. The van der Waals surface area contributed by atoms with Crippen LogP contribution in [0, 0.1) is 0 Å². The average molecular weight is 389 g/mol. The van der Waals surface area contributed by atoms with Crippen molar-refractivity contribution >= 4 is 27.3 Å². The minimum atomic E-state index is -3.78. The molecular weight excluding hydrogens is 366 g/mol. The fraction of sp³-hybridized carbons (Fsp3) is 0.263. The minimum absolute atomic E-state index is 0.154. The van der Waals surface area contributed by atoms with Gasteiger partial charge in [0.05, 0.1) is 4.90 Å². The van der Waals surface area contributed by atoms with Gasteiger partial charge in [0.2, 0.25) is 0 Å². The van der Waals surface area contributed by atoms with Crippen LogP contribution in [0.15, 0.2) is 59.5 Å². The van der Waals surface area contributed by atoms with E-state index >= 15 is 0 Å². The molecule has 0 bridgehead atoms. The number of nitrogens with zero attached hydrogens (tertiary/aromatic N) is 1. The third-order valence-electron chi connectivity index (χ3n) is 4.11. The largest absolute Gasteiger partial charge is 0.378 e. The molecule has 2 amide bonds. The molecule has 0 saturated heterocycles. The quantitative estimate of drug-likeness (QED) is 0.722. The molecular formula is C19H23N3O4S. The van der Waals surface area contributed by atoms with E-state index < -0.39 is 26.9 Å². The van der Waals surface area contributed by atoms with E-state index in [0.29, 0.717) is 5.56 Å². The van der Waals surface area contributed by atoms with Crippen LogP contribution in [0.3, 0.4) is 0 Å². The standard InChI is InChI=1S/C19H23N3O4S/c1-20-18(23)19(24)21-13-17(14-9-11-15(12-10-14)22(2)3)27(25,26)16-7-5-4-6-8-16/h4-12,17H,13H2,1-3H3,(H,20,23)(H,21,24)/t17-/m0/s1. The SMILES string of the molecule is CNC(=O)C(=O)NC[C@@H](c1ccc(N(C)C)cc1)S(=O)(=O)c1ccccc1. The molecule has 0 spiro atoms. The number of rotatable bonds is 6. The highest BCUT2D eigenvalue weighted by molar-refractivity contribution is 7.91. The van der Waals surface area contributed by atoms with Gasteiger partial charge >= 0.3 is 11.8 Å². The van der Waals surface area contributed by atoms with Crippen molar-refractivity contribution in [3.05, 3.63) is 60.2 Å². The molecule has 0 heterocycles. The van der Waals surface area contributed by atoms with E-state index in [9.17, 15) is 18.0 Å². The van der Waals surface area contributed by atoms with Crippen molar-refractivity contribution < 1.29 is 18.0 Å². The van der Waals surface area contributed by atoms with Crippen LogP contribution in [0.25, 0.3) is 0 Å². The van der Waals surface area contributed by atoms with Gasteiger partial charge in [-0.2, -0.15) is 0 Å². The Morgan fingerprint density at radius 2 is 1.56 bits per heavy atom. The third-order valence-corrected chi connectivity index (χ3v) is 6.23. The summed E-state index contributed by atoms with van der Waals surface area (Å²) in [5, 5.41) is 3.59. The molecule has 0 saturated carbocycles. The summed E-state index contributed by atoms with van der Waals surface area (Å²) >= 11 is 0. The second-order valence-electron chi connectivity index (χ2n) is 6.12. The van der Waals surface area contributed by atoms with Gasteiger partial charge in [-0.3, -0.25) is 9.59 Å². The maximum Gasteiger partial charge on any atom is 0.309 e. The number of anilines is 1. The fourth-order valence-electron chi connectivity index (χ4n) is 2.55. The number of benzene rings is 2. The van der Waals surface area contributed by atoms with E-state index in [1.807, 2.05) is 31.1 Å². The number of hydrogen-bond donors (Lipinski definition) is 2. The summed E-state index contributed by atoms with van der Waals surface area (Å²) in [6.45, 7) is -0.217. The van der Waals surface area contributed by atoms with Crippen LogP contribution in [-0.4, -0.2) is 47.9 Å². The molecule has 2 aromatic rings. The summed E-state index contributed by atoms with van der Waals surface area (Å²) < 4.78 is 26.3. The van der Waals surface area contributed by atoms with Crippen molar-refractivity contribution in [1.29, 1.82) is 0 Å². The van der Waals surface area contributed by atoms with Crippen molar-refractivity contribution in [1.82, 2.24) is 10.6 Å². The van der Waals surface area contributed by atoms with Crippen molar-refractivity contribution in [2.75, 3.05) is 32.6 Å². The lowest BCUT2D eigenvalue weighted by molar-refractivity contribution is -0.138. The summed E-state index contributed by atoms with van der Waals surface area (Å²) in [6, 6.07) is 15.1. The van der Waals surface area contributed by atoms with E-state index in [1.54, 1.807) is 30.3 Å². The van der Waals surface area contributed by atoms with Crippen molar-refractivity contribution in [3.63, 3.8) is 0 Å². The van der Waals surface area contributed by atoms with Gasteiger partial charge in [-0.15, -0.1) is 0 Å². The molecule has 8 heteroatoms. The number of carbonyl (C=O) groups excluding carboxylic acids is 2. The molecule has 2 aromatic carbocycles. The molecule has 27 heavy (non-hydrogen) atoms. The number of likely N-dealkylation sites (N-methyl/N-ethyl adjacent to an activating group) is 1. The average Bonchev–Trinajstić information content (AvgIpc) is 2.68. The number of hydrogen-bond acceptors (Lipinski definition) is 5. The van der Waals surface area contributed by atoms with E-state index in [1.165, 1.54) is 19.2 Å². The lowest BCUT2D eigenvalue weighted by Crippen LogP contribution is -2.41. The van der Waals surface area contributed by atoms with Crippen LogP contribution in [0.2, 0.25) is 0 Å². The van der Waals surface area contributed by atoms with Gasteiger partial charge in [0.1, 0.15) is 5.25 Å². The van der Waals surface area contributed by atoms with Gasteiger partial charge in [0.15, 0.2) is 9.84 Å². The molecule has 2 N–H and O–H groups in total. The third kappa shape index (κ3) is 4.85. The first-order chi connectivity index (χ1) is 12.8. The first-order valence-electron chi connectivity index (χ1n) is 8.33. The van der Waals surface area contributed by atoms with Crippen molar-refractivity contribution in [2.45, 2.75) is 10.1 Å². The maximum absolute atomic E-state index is 13.1. The maximum atomic E-state index is 13.1. The van der Waals surface area contributed by atoms with Crippen molar-refractivity contribution in [2.24, 2.45) is 0 Å². The number of nitrogens with one attached hydrogen (secondary N) is 2. The van der Waals surface area contributed by atoms with E-state index in [4.69, 9.17) is 0 Å². The Labute approximate surface area is 159 Å². The summed E-state index contributed by atoms with van der Waals surface area (Å²) in [7, 11) is 1.33. The minimum Gasteiger partial charge on any atom is -0.378 e. The fourth-order valence-corrected chi connectivity index (χ4v) is 4.23. The molecule has 7 nitrogen and oxygen atoms in total. The van der Waals surface area contributed by atoms with Gasteiger partial charge < -0.3 is 15.5 Å². The first-order valence-corrected chi connectivity index (χ1v) is 9.88. The number of sulfone groups is 1. The van der Waals surface area contributed by atoms with Crippen molar-refractivity contribution in [3.8, 4) is 0 Å². The highest BCUT2D eigenvalue weighted by Crippen LogP contribution is 2.29. The second-order valence-corrected chi connectivity index (χ2v) is 8.25. The lowest BCUT2D eigenvalue weighted by atomic mass is 10.1. The normalized spacial score (nSPS) is 12.1. The van der Waals surface area contributed by atoms with Gasteiger partial charge in [0.25, 0.3) is 0 Å². The molecule has 0 aliphatic carbocycles. The number of carbonyl (C=O) groups is 2. The molecule has 144 valence electrons. The molecule has 0 aromatic heterocycles. The van der Waals surface area contributed by atoms with Crippen LogP contribution in [0.4, 0.5) is 5.69 Å². The topological polar surface area (TPSA) is 95.6 Å². The zero-order chi connectivity index (χ0) is 20.0. The summed E-state index contributed by atoms with van der Waals surface area (Å²) in [5.41, 5.74) is 1.45. The summed E-state index contributed by atoms with van der Waals surface area (Å²) in [5.74, 6) is -1.70. The van der Waals surface area contributed by atoms with Crippen LogP contribution >= 0.6 is 0 Å². The first kappa shape index (κ1) is 20.4. The molecule has 1 atom stereocenters. The highest BCUT2D eigenvalue weighted by Gasteiger charge is 2.30. The van der Waals surface area contributed by atoms with E-state index in [2.05, 4.69) is 10.6 Å². The zero-order valence-electron chi connectivity index (χ0n) is 15.5. The molecule has 0 radical (unpaired) electrons. The van der Waals surface area contributed by atoms with E-state index in [0.717, 1.165) is 5.69 Å². The Morgan fingerprint density at radius 1 is 0.963 bits per heavy atom. The van der Waals surface area contributed by atoms with Crippen LogP contribution in [0.1, 0.15) is 10.8 Å². The second kappa shape index (κ2) is 8.68. The van der Waals surface area contributed by atoms with E-state index in [-0.39, 0.29) is 11.4 Å². The molecule has 2 rings (SSSR count). The predicted octanol–water partition coefficient (Wildman–Crippen LogP) is 1.13. The highest BCUT2D eigenvalue weighted by atomic mass is 32.2. The van der Waals surface area contributed by atoms with Crippen LogP contribution in [-0.2, 0) is 19.4 Å². The monoisotopic (exact) mass is 389 g/mol.